The minimum absolute atomic E-state index is 0.175. The highest BCUT2D eigenvalue weighted by Crippen LogP contribution is 2.18. The molecule has 0 aromatic heterocycles. The molecule has 0 aromatic rings. The first-order valence-electron chi connectivity index (χ1n) is 10.0. The Hall–Kier alpha value is -1.30. The molecule has 2 aliphatic rings. The van der Waals surface area contributed by atoms with E-state index >= 15 is 0 Å². The number of amides is 1. The molecule has 6 nitrogen and oxygen atoms in total. The van der Waals surface area contributed by atoms with Gasteiger partial charge in [-0.1, -0.05) is 13.8 Å². The van der Waals surface area contributed by atoms with Gasteiger partial charge in [0.1, 0.15) is 0 Å². The van der Waals surface area contributed by atoms with Gasteiger partial charge in [0.2, 0.25) is 5.91 Å². The number of hydrogen-bond acceptors (Lipinski definition) is 3. The average Bonchev–Trinajstić information content (AvgIpc) is 2.58. The molecule has 0 aromatic carbocycles. The lowest BCUT2D eigenvalue weighted by Crippen LogP contribution is -2.53. The van der Waals surface area contributed by atoms with E-state index < -0.39 is 0 Å². The van der Waals surface area contributed by atoms with E-state index in [1.807, 2.05) is 4.90 Å². The number of nitrogens with one attached hydrogen (secondary N) is 1. The molecule has 0 bridgehead atoms. The summed E-state index contributed by atoms with van der Waals surface area (Å²) in [7, 11) is 0. The summed E-state index contributed by atoms with van der Waals surface area (Å²) in [5, 5.41) is 3.44. The van der Waals surface area contributed by atoms with Gasteiger partial charge in [0.15, 0.2) is 5.96 Å². The Balaban J connectivity index is 1.87. The summed E-state index contributed by atoms with van der Waals surface area (Å²) in [5.41, 5.74) is 0. The maximum absolute atomic E-state index is 11.5. The molecule has 2 heterocycles. The molecule has 0 aliphatic carbocycles. The molecule has 0 saturated carbocycles. The quantitative estimate of drug-likeness (QED) is 0.602. The molecule has 2 aliphatic heterocycles. The first kappa shape index (κ1) is 20.0. The van der Waals surface area contributed by atoms with Crippen LogP contribution in [0.15, 0.2) is 4.99 Å². The van der Waals surface area contributed by atoms with Gasteiger partial charge >= 0.3 is 0 Å². The van der Waals surface area contributed by atoms with Crippen molar-refractivity contribution in [2.24, 2.45) is 16.8 Å². The Labute approximate surface area is 153 Å². The fourth-order valence-corrected chi connectivity index (χ4v) is 3.86. The van der Waals surface area contributed by atoms with Crippen LogP contribution in [0.5, 0.6) is 0 Å². The van der Waals surface area contributed by atoms with E-state index in [4.69, 9.17) is 4.99 Å². The Bertz CT molecular complexity index is 443. The fourth-order valence-electron chi connectivity index (χ4n) is 3.86. The summed E-state index contributed by atoms with van der Waals surface area (Å²) in [6.45, 7) is 17.1. The van der Waals surface area contributed by atoms with Crippen LogP contribution in [0, 0.1) is 11.8 Å². The van der Waals surface area contributed by atoms with Gasteiger partial charge in [-0.05, 0) is 38.1 Å². The summed E-state index contributed by atoms with van der Waals surface area (Å²) in [6.07, 6.45) is 2.58. The molecule has 0 spiro atoms. The van der Waals surface area contributed by atoms with Gasteiger partial charge in [-0.3, -0.25) is 9.79 Å². The molecule has 2 saturated heterocycles. The zero-order valence-corrected chi connectivity index (χ0v) is 16.6. The molecule has 1 unspecified atom stereocenters. The zero-order chi connectivity index (χ0) is 18.2. The highest BCUT2D eigenvalue weighted by Gasteiger charge is 2.23. The van der Waals surface area contributed by atoms with Crippen molar-refractivity contribution in [3.8, 4) is 0 Å². The molecule has 1 atom stereocenters. The third-order valence-electron chi connectivity index (χ3n) is 5.09. The highest BCUT2D eigenvalue weighted by atomic mass is 16.2. The summed E-state index contributed by atoms with van der Waals surface area (Å²) in [5.74, 6) is 2.59. The van der Waals surface area contributed by atoms with E-state index in [0.29, 0.717) is 5.92 Å². The van der Waals surface area contributed by atoms with Crippen LogP contribution in [0.3, 0.4) is 0 Å². The number of piperidine rings is 1. The maximum atomic E-state index is 11.5. The largest absolute Gasteiger partial charge is 0.357 e. The lowest BCUT2D eigenvalue weighted by molar-refractivity contribution is -0.130. The van der Waals surface area contributed by atoms with E-state index in [9.17, 15) is 4.79 Å². The zero-order valence-electron chi connectivity index (χ0n) is 16.6. The second kappa shape index (κ2) is 10.00. The van der Waals surface area contributed by atoms with Crippen molar-refractivity contribution < 1.29 is 4.79 Å². The molecular weight excluding hydrogens is 314 g/mol. The molecule has 6 heteroatoms. The topological polar surface area (TPSA) is 51.2 Å². The summed E-state index contributed by atoms with van der Waals surface area (Å²) in [4.78, 5) is 23.3. The lowest BCUT2D eigenvalue weighted by Gasteiger charge is -2.36. The van der Waals surface area contributed by atoms with Crippen molar-refractivity contribution in [2.75, 3.05) is 58.9 Å². The van der Waals surface area contributed by atoms with E-state index in [0.717, 1.165) is 51.1 Å². The average molecular weight is 352 g/mol. The number of carbonyl (C=O) groups is 1. The lowest BCUT2D eigenvalue weighted by atomic mass is 9.97. The number of guanidine groups is 1. The summed E-state index contributed by atoms with van der Waals surface area (Å²) >= 11 is 0. The monoisotopic (exact) mass is 351 g/mol. The van der Waals surface area contributed by atoms with Crippen LogP contribution in [-0.2, 0) is 4.79 Å². The molecular formula is C19H37N5O. The first-order chi connectivity index (χ1) is 12.0. The van der Waals surface area contributed by atoms with Gasteiger partial charge in [0, 0.05) is 59.3 Å². The van der Waals surface area contributed by atoms with E-state index in [1.165, 1.54) is 32.5 Å². The molecule has 2 rings (SSSR count). The molecule has 1 N–H and O–H groups in total. The Morgan fingerprint density at radius 2 is 1.84 bits per heavy atom. The number of aliphatic imine (C=N–C) groups is 1. The standard InChI is InChI=1S/C19H37N5O/c1-5-20-19(24-11-9-23(10-12-24)17(4)25)21-13-18-7-6-8-22(15-18)14-16(2)3/h16,18H,5-15H2,1-4H3,(H,20,21). The Kier molecular flexibility index (Phi) is 8.00. The normalized spacial score (nSPS) is 23.2. The Morgan fingerprint density at radius 1 is 1.16 bits per heavy atom. The molecule has 25 heavy (non-hydrogen) atoms. The van der Waals surface area contributed by atoms with Crippen LogP contribution in [-0.4, -0.2) is 85.5 Å². The van der Waals surface area contributed by atoms with Crippen molar-refractivity contribution >= 4 is 11.9 Å². The van der Waals surface area contributed by atoms with E-state index in [1.54, 1.807) is 6.92 Å². The number of piperazine rings is 1. The highest BCUT2D eigenvalue weighted by molar-refractivity contribution is 5.80. The minimum Gasteiger partial charge on any atom is -0.357 e. The van der Waals surface area contributed by atoms with Gasteiger partial charge in [-0.2, -0.15) is 0 Å². The van der Waals surface area contributed by atoms with Crippen molar-refractivity contribution in [3.05, 3.63) is 0 Å². The molecule has 1 amide bonds. The number of hydrogen-bond donors (Lipinski definition) is 1. The van der Waals surface area contributed by atoms with Crippen molar-refractivity contribution in [1.82, 2.24) is 20.0 Å². The van der Waals surface area contributed by atoms with Crippen LogP contribution in [0.25, 0.3) is 0 Å². The van der Waals surface area contributed by atoms with E-state index in [-0.39, 0.29) is 5.91 Å². The smallest absolute Gasteiger partial charge is 0.219 e. The SMILES string of the molecule is CCNC(=NCC1CCCN(CC(C)C)C1)N1CCN(C(C)=O)CC1. The first-order valence-corrected chi connectivity index (χ1v) is 10.0. The van der Waals surface area contributed by atoms with Crippen molar-refractivity contribution in [3.63, 3.8) is 0 Å². The van der Waals surface area contributed by atoms with Crippen LogP contribution in [0.2, 0.25) is 0 Å². The van der Waals surface area contributed by atoms with E-state index in [2.05, 4.69) is 35.9 Å². The minimum atomic E-state index is 0.175. The van der Waals surface area contributed by atoms with Crippen molar-refractivity contribution in [1.29, 1.82) is 0 Å². The molecule has 0 radical (unpaired) electrons. The van der Waals surface area contributed by atoms with Crippen LogP contribution in [0.4, 0.5) is 0 Å². The van der Waals surface area contributed by atoms with Crippen LogP contribution >= 0.6 is 0 Å². The number of nitrogens with zero attached hydrogens (tertiary/aromatic N) is 4. The number of carbonyl (C=O) groups excluding carboxylic acids is 1. The number of likely N-dealkylation sites (tertiary alicyclic amines) is 1. The van der Waals surface area contributed by atoms with Gasteiger partial charge in [0.05, 0.1) is 0 Å². The summed E-state index contributed by atoms with van der Waals surface area (Å²) in [6, 6.07) is 0. The van der Waals surface area contributed by atoms with Gasteiger partial charge in [-0.25, -0.2) is 0 Å². The van der Waals surface area contributed by atoms with Gasteiger partial charge in [-0.15, -0.1) is 0 Å². The molecule has 144 valence electrons. The number of rotatable bonds is 5. The van der Waals surface area contributed by atoms with Crippen LogP contribution in [0.1, 0.15) is 40.5 Å². The second-order valence-electron chi connectivity index (χ2n) is 7.85. The molecule has 2 fully saturated rings. The second-order valence-corrected chi connectivity index (χ2v) is 7.85. The van der Waals surface area contributed by atoms with Gasteiger partial charge < -0.3 is 20.0 Å². The fraction of sp³-hybridized carbons (Fsp3) is 0.895. The third-order valence-corrected chi connectivity index (χ3v) is 5.09. The maximum Gasteiger partial charge on any atom is 0.219 e. The van der Waals surface area contributed by atoms with Crippen LogP contribution < -0.4 is 5.32 Å². The van der Waals surface area contributed by atoms with Crippen molar-refractivity contribution in [2.45, 2.75) is 40.5 Å². The third kappa shape index (κ3) is 6.49. The predicted molar refractivity (Wildman–Crippen MR) is 104 cm³/mol. The predicted octanol–water partition coefficient (Wildman–Crippen LogP) is 1.48. The Morgan fingerprint density at radius 3 is 2.44 bits per heavy atom. The summed E-state index contributed by atoms with van der Waals surface area (Å²) < 4.78 is 0. The van der Waals surface area contributed by atoms with Gasteiger partial charge in [0.25, 0.3) is 0 Å².